The quantitative estimate of drug-likeness (QED) is 0.591. The summed E-state index contributed by atoms with van der Waals surface area (Å²) in [6.07, 6.45) is 3.07. The number of carbonyl (C=O) groups excluding carboxylic acids is 1. The zero-order valence-electron chi connectivity index (χ0n) is 7.97. The van der Waals surface area contributed by atoms with E-state index in [0.717, 1.165) is 15.6 Å². The van der Waals surface area contributed by atoms with E-state index in [1.54, 1.807) is 6.08 Å². The molecule has 0 unspecified atom stereocenters. The maximum absolute atomic E-state index is 10.6. The van der Waals surface area contributed by atoms with Crippen LogP contribution in [0.15, 0.2) is 22.7 Å². The molecule has 0 aliphatic rings. The first-order valence-corrected chi connectivity index (χ1v) is 5.32. The molecule has 0 atom stereocenters. The van der Waals surface area contributed by atoms with Crippen molar-refractivity contribution in [1.29, 1.82) is 0 Å². The van der Waals surface area contributed by atoms with Crippen LogP contribution in [0, 0.1) is 13.8 Å². The summed E-state index contributed by atoms with van der Waals surface area (Å²) in [5, 5.41) is -0.461. The average molecular weight is 274 g/mol. The van der Waals surface area contributed by atoms with Gasteiger partial charge in [0, 0.05) is 4.47 Å². The van der Waals surface area contributed by atoms with Gasteiger partial charge in [0.05, 0.1) is 0 Å². The molecule has 0 radical (unpaired) electrons. The van der Waals surface area contributed by atoms with Gasteiger partial charge in [-0.15, -0.1) is 0 Å². The van der Waals surface area contributed by atoms with E-state index >= 15 is 0 Å². The SMILES string of the molecule is Cc1cc(C)c(C=CC(=O)Cl)c(Br)c1. The summed E-state index contributed by atoms with van der Waals surface area (Å²) in [5.41, 5.74) is 3.29. The minimum atomic E-state index is -0.461. The fraction of sp³-hybridized carbons (Fsp3) is 0.182. The van der Waals surface area contributed by atoms with E-state index in [2.05, 4.69) is 22.0 Å². The molecule has 0 bridgehead atoms. The van der Waals surface area contributed by atoms with Gasteiger partial charge in [-0.05, 0) is 60.4 Å². The molecule has 0 fully saturated rings. The van der Waals surface area contributed by atoms with Crippen molar-refractivity contribution in [2.45, 2.75) is 13.8 Å². The standard InChI is InChI=1S/C11H10BrClO/c1-7-5-8(2)9(10(12)6-7)3-4-11(13)14/h3-6H,1-2H3. The lowest BCUT2D eigenvalue weighted by atomic mass is 10.1. The van der Waals surface area contributed by atoms with Gasteiger partial charge in [0.2, 0.25) is 5.24 Å². The predicted molar refractivity (Wildman–Crippen MR) is 63.5 cm³/mol. The first kappa shape index (κ1) is 11.5. The molecule has 0 aliphatic heterocycles. The van der Waals surface area contributed by atoms with Crippen LogP contribution >= 0.6 is 27.5 Å². The van der Waals surface area contributed by atoms with Gasteiger partial charge in [-0.25, -0.2) is 0 Å². The summed E-state index contributed by atoms with van der Waals surface area (Å²) in [6, 6.07) is 4.06. The highest BCUT2D eigenvalue weighted by Crippen LogP contribution is 2.23. The summed E-state index contributed by atoms with van der Waals surface area (Å²) in [7, 11) is 0. The second kappa shape index (κ2) is 4.76. The van der Waals surface area contributed by atoms with Crippen molar-refractivity contribution in [2.75, 3.05) is 0 Å². The number of rotatable bonds is 2. The van der Waals surface area contributed by atoms with Crippen LogP contribution in [0.4, 0.5) is 0 Å². The zero-order valence-corrected chi connectivity index (χ0v) is 10.3. The van der Waals surface area contributed by atoms with Crippen molar-refractivity contribution in [3.05, 3.63) is 39.4 Å². The molecule has 0 saturated carbocycles. The Morgan fingerprint density at radius 3 is 2.57 bits per heavy atom. The molecule has 0 aliphatic carbocycles. The molecule has 0 amide bonds. The second-order valence-electron chi connectivity index (χ2n) is 3.11. The van der Waals surface area contributed by atoms with Crippen molar-refractivity contribution >= 4 is 38.8 Å². The molecule has 74 valence electrons. The van der Waals surface area contributed by atoms with E-state index in [0.29, 0.717) is 0 Å². The van der Waals surface area contributed by atoms with Crippen LogP contribution in [-0.4, -0.2) is 5.24 Å². The van der Waals surface area contributed by atoms with E-state index in [4.69, 9.17) is 11.6 Å². The molecule has 0 N–H and O–H groups in total. The van der Waals surface area contributed by atoms with Gasteiger partial charge >= 0.3 is 0 Å². The van der Waals surface area contributed by atoms with Gasteiger partial charge in [0.1, 0.15) is 0 Å². The van der Waals surface area contributed by atoms with Crippen LogP contribution in [0.25, 0.3) is 6.08 Å². The number of allylic oxidation sites excluding steroid dienone is 1. The third-order valence-corrected chi connectivity index (χ3v) is 2.64. The van der Waals surface area contributed by atoms with Gasteiger partial charge in [-0.2, -0.15) is 0 Å². The minimum Gasteiger partial charge on any atom is -0.276 e. The molecule has 0 saturated heterocycles. The Kier molecular flexibility index (Phi) is 3.90. The van der Waals surface area contributed by atoms with Crippen molar-refractivity contribution in [3.8, 4) is 0 Å². The van der Waals surface area contributed by atoms with E-state index in [1.807, 2.05) is 19.9 Å². The molecule has 1 rings (SSSR count). The minimum absolute atomic E-state index is 0.461. The second-order valence-corrected chi connectivity index (χ2v) is 4.34. The first-order valence-electron chi connectivity index (χ1n) is 4.15. The van der Waals surface area contributed by atoms with Crippen molar-refractivity contribution in [2.24, 2.45) is 0 Å². The Labute approximate surface area is 96.9 Å². The highest BCUT2D eigenvalue weighted by atomic mass is 79.9. The number of aryl methyl sites for hydroxylation is 2. The molecule has 1 aromatic rings. The maximum atomic E-state index is 10.6. The van der Waals surface area contributed by atoms with Crippen LogP contribution in [0.3, 0.4) is 0 Å². The van der Waals surface area contributed by atoms with Crippen LogP contribution in [-0.2, 0) is 4.79 Å². The summed E-state index contributed by atoms with van der Waals surface area (Å²) < 4.78 is 0.976. The Balaban J connectivity index is 3.15. The summed E-state index contributed by atoms with van der Waals surface area (Å²) >= 11 is 8.67. The predicted octanol–water partition coefficient (Wildman–Crippen LogP) is 3.84. The highest BCUT2D eigenvalue weighted by molar-refractivity contribution is 9.10. The van der Waals surface area contributed by atoms with Gasteiger partial charge in [0.25, 0.3) is 0 Å². The topological polar surface area (TPSA) is 17.1 Å². The van der Waals surface area contributed by atoms with Crippen molar-refractivity contribution < 1.29 is 4.79 Å². The van der Waals surface area contributed by atoms with Gasteiger partial charge in [-0.3, -0.25) is 4.79 Å². The van der Waals surface area contributed by atoms with Gasteiger partial charge in [-0.1, -0.05) is 22.0 Å². The normalized spacial score (nSPS) is 10.9. The molecular weight excluding hydrogens is 263 g/mol. The van der Waals surface area contributed by atoms with E-state index in [9.17, 15) is 4.79 Å². The number of carbonyl (C=O) groups is 1. The number of hydrogen-bond acceptors (Lipinski definition) is 1. The molecule has 1 aromatic carbocycles. The van der Waals surface area contributed by atoms with Gasteiger partial charge in [0.15, 0.2) is 0 Å². The molecule has 3 heteroatoms. The van der Waals surface area contributed by atoms with Crippen LogP contribution < -0.4 is 0 Å². The molecule has 14 heavy (non-hydrogen) atoms. The largest absolute Gasteiger partial charge is 0.276 e. The van der Waals surface area contributed by atoms with Crippen LogP contribution in [0.5, 0.6) is 0 Å². The third kappa shape index (κ3) is 2.96. The number of halogens is 2. The molecule has 0 heterocycles. The van der Waals surface area contributed by atoms with E-state index in [1.165, 1.54) is 11.6 Å². The smallest absolute Gasteiger partial charge is 0.245 e. The lowest BCUT2D eigenvalue weighted by Crippen LogP contribution is -1.86. The third-order valence-electron chi connectivity index (χ3n) is 1.86. The molecule has 0 aromatic heterocycles. The maximum Gasteiger partial charge on any atom is 0.245 e. The Morgan fingerprint density at radius 2 is 2.07 bits per heavy atom. The molecule has 0 spiro atoms. The molecule has 1 nitrogen and oxygen atoms in total. The summed E-state index contributed by atoms with van der Waals surface area (Å²) in [4.78, 5) is 10.6. The van der Waals surface area contributed by atoms with E-state index in [-0.39, 0.29) is 0 Å². The van der Waals surface area contributed by atoms with Crippen LogP contribution in [0.1, 0.15) is 16.7 Å². The Hall–Kier alpha value is -0.600. The summed E-state index contributed by atoms with van der Waals surface area (Å²) in [5.74, 6) is 0. The highest BCUT2D eigenvalue weighted by Gasteiger charge is 2.01. The fourth-order valence-corrected chi connectivity index (χ4v) is 2.16. The van der Waals surface area contributed by atoms with Crippen molar-refractivity contribution in [3.63, 3.8) is 0 Å². The lowest BCUT2D eigenvalue weighted by molar-refractivity contribution is -0.107. The van der Waals surface area contributed by atoms with E-state index < -0.39 is 5.24 Å². The number of hydrogen-bond donors (Lipinski definition) is 0. The monoisotopic (exact) mass is 272 g/mol. The van der Waals surface area contributed by atoms with Crippen LogP contribution in [0.2, 0.25) is 0 Å². The van der Waals surface area contributed by atoms with Crippen molar-refractivity contribution in [1.82, 2.24) is 0 Å². The molecular formula is C11H10BrClO. The Morgan fingerprint density at radius 1 is 1.43 bits per heavy atom. The van der Waals surface area contributed by atoms with Gasteiger partial charge < -0.3 is 0 Å². The zero-order chi connectivity index (χ0) is 10.7. The Bertz CT molecular complexity index is 373. The first-order chi connectivity index (χ1) is 6.50. The summed E-state index contributed by atoms with van der Waals surface area (Å²) in [6.45, 7) is 4.02. The number of benzene rings is 1. The average Bonchev–Trinajstić information content (AvgIpc) is 2.01. The fourth-order valence-electron chi connectivity index (χ4n) is 1.29. The lowest BCUT2D eigenvalue weighted by Gasteiger charge is -2.04.